The molecule has 0 radical (unpaired) electrons. The van der Waals surface area contributed by atoms with Crippen molar-refractivity contribution in [2.24, 2.45) is 5.92 Å². The molecule has 0 aromatic heterocycles. The van der Waals surface area contributed by atoms with Gasteiger partial charge in [-0.1, -0.05) is 5.92 Å². The van der Waals surface area contributed by atoms with Crippen LogP contribution in [0.1, 0.15) is 59.8 Å². The molecule has 3 nitrogen and oxygen atoms in total. The third-order valence-electron chi connectivity index (χ3n) is 3.79. The van der Waals surface area contributed by atoms with Crippen molar-refractivity contribution in [2.45, 2.75) is 77.0 Å². The number of nitrogens with one attached hydrogen (secondary N) is 1. The Kier molecular flexibility index (Phi) is 3.92. The summed E-state index contributed by atoms with van der Waals surface area (Å²) in [4.78, 5) is 12.1. The lowest BCUT2D eigenvalue weighted by molar-refractivity contribution is -0.156. The molecule has 1 atom stereocenters. The monoisotopic (exact) mass is 263 g/mol. The van der Waals surface area contributed by atoms with Gasteiger partial charge in [0, 0.05) is 30.3 Å². The van der Waals surface area contributed by atoms with Crippen molar-refractivity contribution in [2.75, 3.05) is 0 Å². The zero-order valence-corrected chi connectivity index (χ0v) is 12.5. The molecule has 0 bridgehead atoms. The van der Waals surface area contributed by atoms with Gasteiger partial charge in [-0.3, -0.25) is 4.79 Å². The minimum Gasteiger partial charge on any atom is -0.461 e. The summed E-state index contributed by atoms with van der Waals surface area (Å²) < 4.78 is 5.72. The quantitative estimate of drug-likeness (QED) is 0.615. The summed E-state index contributed by atoms with van der Waals surface area (Å²) in [5, 5.41) is 3.60. The lowest BCUT2D eigenvalue weighted by atomic mass is 9.81. The van der Waals surface area contributed by atoms with Crippen LogP contribution in [-0.4, -0.2) is 23.2 Å². The Morgan fingerprint density at radius 3 is 2.37 bits per heavy atom. The maximum absolute atomic E-state index is 12.1. The summed E-state index contributed by atoms with van der Waals surface area (Å²) in [6, 6.07) is 0. The summed E-state index contributed by atoms with van der Waals surface area (Å²) in [6.07, 6.45) is 4.50. The van der Waals surface area contributed by atoms with Crippen LogP contribution in [0.5, 0.6) is 0 Å². The first kappa shape index (κ1) is 14.4. The van der Waals surface area contributed by atoms with Gasteiger partial charge >= 0.3 is 5.97 Å². The number of hydrogen-bond donors (Lipinski definition) is 1. The lowest BCUT2D eigenvalue weighted by Crippen LogP contribution is -2.59. The molecule has 0 spiro atoms. The molecule has 0 aromatic rings. The van der Waals surface area contributed by atoms with Gasteiger partial charge in [0.15, 0.2) is 0 Å². The van der Waals surface area contributed by atoms with Crippen LogP contribution in [0, 0.1) is 17.8 Å². The van der Waals surface area contributed by atoms with E-state index in [1.165, 1.54) is 0 Å². The number of esters is 1. The smallest absolute Gasteiger partial charge is 0.321 e. The fraction of sp³-hybridized carbons (Fsp3) is 0.812. The Bertz CT molecular complexity index is 398. The van der Waals surface area contributed by atoms with E-state index in [0.29, 0.717) is 0 Å². The fourth-order valence-corrected chi connectivity index (χ4v) is 3.40. The second-order valence-corrected chi connectivity index (χ2v) is 7.13. The van der Waals surface area contributed by atoms with E-state index in [0.717, 1.165) is 32.1 Å². The van der Waals surface area contributed by atoms with E-state index < -0.39 is 0 Å². The Morgan fingerprint density at radius 2 is 1.84 bits per heavy atom. The molecular formula is C16H25NO2. The number of rotatable bonds is 2. The summed E-state index contributed by atoms with van der Waals surface area (Å²) in [5.41, 5.74) is 0.00980. The number of carbonyl (C=O) groups is 1. The van der Waals surface area contributed by atoms with E-state index in [4.69, 9.17) is 4.74 Å². The molecule has 0 aromatic carbocycles. The van der Waals surface area contributed by atoms with E-state index in [1.54, 1.807) is 0 Å². The molecule has 1 aliphatic carbocycles. The highest BCUT2D eigenvalue weighted by Gasteiger charge is 2.39. The minimum atomic E-state index is -0.199. The van der Waals surface area contributed by atoms with Crippen molar-refractivity contribution in [3.05, 3.63) is 0 Å². The Hall–Kier alpha value is -1.01. The highest BCUT2D eigenvalue weighted by atomic mass is 16.5. The second kappa shape index (κ2) is 5.17. The summed E-state index contributed by atoms with van der Waals surface area (Å²) in [6.45, 7) is 8.65. The Morgan fingerprint density at radius 1 is 1.21 bits per heavy atom. The standard InChI is InChI=1S/C16H25NO2/c1-15(2)10-13(11-16(3,4)17-15)19-14(18)12-8-6-5-7-9-12/h12-13,17H,5-6,8,10-11H2,1-4H3. The predicted octanol–water partition coefficient (Wildman–Crippen LogP) is 2.64. The molecule has 2 rings (SSSR count). The van der Waals surface area contributed by atoms with E-state index in [2.05, 4.69) is 44.9 Å². The van der Waals surface area contributed by atoms with Gasteiger partial charge < -0.3 is 10.1 Å². The van der Waals surface area contributed by atoms with Crippen LogP contribution in [0.3, 0.4) is 0 Å². The first-order chi connectivity index (χ1) is 8.77. The molecule has 106 valence electrons. The van der Waals surface area contributed by atoms with Crippen LogP contribution in [-0.2, 0) is 9.53 Å². The van der Waals surface area contributed by atoms with Gasteiger partial charge in [-0.25, -0.2) is 0 Å². The number of piperidine rings is 1. The third-order valence-corrected chi connectivity index (χ3v) is 3.79. The molecule has 1 aliphatic heterocycles. The normalized spacial score (nSPS) is 29.2. The average molecular weight is 263 g/mol. The van der Waals surface area contributed by atoms with Gasteiger partial charge in [0.2, 0.25) is 0 Å². The molecule has 1 N–H and O–H groups in total. The predicted molar refractivity (Wildman–Crippen MR) is 75.5 cm³/mol. The van der Waals surface area contributed by atoms with Crippen LogP contribution in [0.2, 0.25) is 0 Å². The molecule has 2 aliphatic rings. The van der Waals surface area contributed by atoms with Gasteiger partial charge in [-0.15, -0.1) is 5.92 Å². The molecule has 0 saturated carbocycles. The molecule has 3 heteroatoms. The van der Waals surface area contributed by atoms with Crippen molar-refractivity contribution in [3.8, 4) is 11.8 Å². The van der Waals surface area contributed by atoms with E-state index in [9.17, 15) is 4.79 Å². The van der Waals surface area contributed by atoms with Crippen molar-refractivity contribution in [3.63, 3.8) is 0 Å². The van der Waals surface area contributed by atoms with Crippen LogP contribution in [0.25, 0.3) is 0 Å². The molecule has 0 amide bonds. The Balaban J connectivity index is 1.97. The van der Waals surface area contributed by atoms with Gasteiger partial charge in [0.25, 0.3) is 0 Å². The topological polar surface area (TPSA) is 38.3 Å². The van der Waals surface area contributed by atoms with E-state index >= 15 is 0 Å². The molecule has 1 heterocycles. The number of carbonyl (C=O) groups excluding carboxylic acids is 1. The van der Waals surface area contributed by atoms with Crippen molar-refractivity contribution in [1.29, 1.82) is 0 Å². The largest absolute Gasteiger partial charge is 0.461 e. The summed E-state index contributed by atoms with van der Waals surface area (Å²) in [7, 11) is 0. The van der Waals surface area contributed by atoms with Gasteiger partial charge in [0.1, 0.15) is 12.0 Å². The van der Waals surface area contributed by atoms with Crippen molar-refractivity contribution >= 4 is 5.97 Å². The molecule has 19 heavy (non-hydrogen) atoms. The summed E-state index contributed by atoms with van der Waals surface area (Å²) >= 11 is 0. The van der Waals surface area contributed by atoms with E-state index in [-0.39, 0.29) is 29.1 Å². The zero-order valence-electron chi connectivity index (χ0n) is 12.5. The van der Waals surface area contributed by atoms with Crippen LogP contribution < -0.4 is 5.32 Å². The Labute approximate surface area is 116 Å². The summed E-state index contributed by atoms with van der Waals surface area (Å²) in [5.74, 6) is 5.71. The SMILES string of the molecule is CC1(C)CC(OC(=O)C2C#CCCC2)CC(C)(C)N1. The maximum atomic E-state index is 12.1. The van der Waals surface area contributed by atoms with Crippen LogP contribution in [0.4, 0.5) is 0 Å². The molecule has 1 fully saturated rings. The number of ether oxygens (including phenoxy) is 1. The van der Waals surface area contributed by atoms with Gasteiger partial charge in [0.05, 0.1) is 0 Å². The fourth-order valence-electron chi connectivity index (χ4n) is 3.40. The molecule has 1 saturated heterocycles. The molecule has 1 unspecified atom stereocenters. The van der Waals surface area contributed by atoms with Crippen molar-refractivity contribution < 1.29 is 9.53 Å². The molecular weight excluding hydrogens is 238 g/mol. The second-order valence-electron chi connectivity index (χ2n) is 7.13. The van der Waals surface area contributed by atoms with Crippen LogP contribution in [0.15, 0.2) is 0 Å². The van der Waals surface area contributed by atoms with Gasteiger partial charge in [-0.05, 0) is 40.5 Å². The average Bonchev–Trinajstić information content (AvgIpc) is 2.25. The minimum absolute atomic E-state index is 0.00229. The first-order valence-electron chi connectivity index (χ1n) is 7.26. The highest BCUT2D eigenvalue weighted by Crippen LogP contribution is 2.31. The van der Waals surface area contributed by atoms with Gasteiger partial charge in [-0.2, -0.15) is 0 Å². The van der Waals surface area contributed by atoms with E-state index in [1.807, 2.05) is 0 Å². The number of hydrogen-bond acceptors (Lipinski definition) is 3. The zero-order chi connectivity index (χ0) is 14.1. The van der Waals surface area contributed by atoms with Crippen LogP contribution >= 0.6 is 0 Å². The lowest BCUT2D eigenvalue weighted by Gasteiger charge is -2.46. The first-order valence-corrected chi connectivity index (χ1v) is 7.26. The van der Waals surface area contributed by atoms with Crippen molar-refractivity contribution in [1.82, 2.24) is 5.32 Å². The third kappa shape index (κ3) is 3.98. The highest BCUT2D eigenvalue weighted by molar-refractivity contribution is 5.76. The maximum Gasteiger partial charge on any atom is 0.321 e.